The number of ether oxygens (including phenoxy) is 1. The number of carbonyl (C=O) groups is 2. The third kappa shape index (κ3) is 5.16. The number of alkyl carbamates (subject to hydrolysis) is 1. The lowest BCUT2D eigenvalue weighted by molar-refractivity contribution is -0.117. The summed E-state index contributed by atoms with van der Waals surface area (Å²) in [7, 11) is 0. The number of guanidine groups is 1. The molecule has 2 aromatic rings. The van der Waals surface area contributed by atoms with Crippen LogP contribution in [0.1, 0.15) is 36.7 Å². The minimum atomic E-state index is -2.97. The van der Waals surface area contributed by atoms with Gasteiger partial charge in [-0.3, -0.25) is 15.1 Å². The Morgan fingerprint density at radius 1 is 1.39 bits per heavy atom. The highest BCUT2D eigenvalue weighted by Crippen LogP contribution is 2.41. The fraction of sp³-hybridized carbons (Fsp3) is 0.389. The Labute approximate surface area is 189 Å². The maximum absolute atomic E-state index is 13.2. The van der Waals surface area contributed by atoms with Crippen LogP contribution in [0, 0.1) is 5.41 Å². The number of hydrogen-bond acceptors (Lipinski definition) is 6. The number of amides is 2. The molecule has 4 N–H and O–H groups in total. The Balaban J connectivity index is 1.90. The van der Waals surface area contributed by atoms with Gasteiger partial charge in [-0.2, -0.15) is 5.10 Å². The van der Waals surface area contributed by atoms with Crippen molar-refractivity contribution in [2.45, 2.75) is 37.3 Å². The molecule has 1 fully saturated rings. The van der Waals surface area contributed by atoms with Gasteiger partial charge in [0.05, 0.1) is 16.8 Å². The zero-order valence-electron chi connectivity index (χ0n) is 16.7. The zero-order valence-corrected chi connectivity index (χ0v) is 17.5. The minimum absolute atomic E-state index is 0.0108. The Hall–Kier alpha value is -3.42. The molecule has 10 nitrogen and oxygen atoms in total. The molecule has 1 atom stereocenters. The van der Waals surface area contributed by atoms with Gasteiger partial charge < -0.3 is 15.8 Å². The van der Waals surface area contributed by atoms with Crippen molar-refractivity contribution < 1.29 is 31.9 Å². The van der Waals surface area contributed by atoms with Crippen LogP contribution in [0.5, 0.6) is 0 Å². The monoisotopic (exact) mass is 491 g/mol. The second kappa shape index (κ2) is 9.60. The number of hydrogen-bond donors (Lipinski definition) is 3. The number of nitrogens with zero attached hydrogens (tertiary/aromatic N) is 4. The largest absolute Gasteiger partial charge is 0.447 e. The number of nitrogens with one attached hydrogen (secondary N) is 2. The van der Waals surface area contributed by atoms with Gasteiger partial charge in [0.25, 0.3) is 12.9 Å². The first-order valence-corrected chi connectivity index (χ1v) is 9.76. The zero-order chi connectivity index (χ0) is 24.3. The molecule has 0 unspecified atom stereocenters. The maximum Gasteiger partial charge on any atom is 0.407 e. The molecule has 15 heteroatoms. The van der Waals surface area contributed by atoms with Gasteiger partial charge in [-0.1, -0.05) is 17.7 Å². The van der Waals surface area contributed by atoms with Crippen LogP contribution in [0.25, 0.3) is 5.69 Å². The lowest BCUT2D eigenvalue weighted by Crippen LogP contribution is -2.44. The second-order valence-corrected chi connectivity index (χ2v) is 7.54. The summed E-state index contributed by atoms with van der Waals surface area (Å²) in [5.74, 6) is -1.41. The van der Waals surface area contributed by atoms with E-state index in [9.17, 15) is 27.2 Å². The van der Waals surface area contributed by atoms with E-state index in [1.165, 1.54) is 18.2 Å². The third-order valence-electron chi connectivity index (χ3n) is 5.01. The molecule has 0 bridgehead atoms. The molecule has 0 aliphatic heterocycles. The summed E-state index contributed by atoms with van der Waals surface area (Å²) in [6.45, 7) is -0.594. The summed E-state index contributed by atoms with van der Waals surface area (Å²) in [4.78, 5) is 27.8. The van der Waals surface area contributed by atoms with Gasteiger partial charge in [0.15, 0.2) is 11.8 Å². The quantitative estimate of drug-likeness (QED) is 0.213. The molecule has 33 heavy (non-hydrogen) atoms. The van der Waals surface area contributed by atoms with Gasteiger partial charge in [0.1, 0.15) is 18.5 Å². The molecule has 3 rings (SSSR count). The molecule has 1 saturated carbocycles. The van der Waals surface area contributed by atoms with Gasteiger partial charge >= 0.3 is 6.09 Å². The van der Waals surface area contributed by atoms with Gasteiger partial charge in [-0.25, -0.2) is 32.0 Å². The Morgan fingerprint density at radius 2 is 2.09 bits per heavy atom. The molecule has 1 aliphatic carbocycles. The first kappa shape index (κ1) is 24.2. The number of rotatable bonds is 9. The Bertz CT molecular complexity index is 1050. The van der Waals surface area contributed by atoms with E-state index in [2.05, 4.69) is 15.4 Å². The van der Waals surface area contributed by atoms with Crippen LogP contribution >= 0.6 is 11.6 Å². The van der Waals surface area contributed by atoms with Crippen molar-refractivity contribution in [3.63, 3.8) is 0 Å². The molecule has 1 aliphatic rings. The molecule has 1 aromatic carbocycles. The highest BCUT2D eigenvalue weighted by Gasteiger charge is 2.52. The van der Waals surface area contributed by atoms with Crippen LogP contribution in [0.4, 0.5) is 22.4 Å². The Morgan fingerprint density at radius 3 is 2.64 bits per heavy atom. The number of nitrogens with two attached hydrogens (primary N) is 1. The Kier molecular flexibility index (Phi) is 7.05. The van der Waals surface area contributed by atoms with Crippen molar-refractivity contribution in [1.82, 2.24) is 25.0 Å². The number of halogens is 5. The molecule has 0 radical (unpaired) electrons. The number of benzene rings is 1. The van der Waals surface area contributed by atoms with Crippen molar-refractivity contribution in [1.29, 1.82) is 5.41 Å². The van der Waals surface area contributed by atoms with Gasteiger partial charge in [-0.15, -0.1) is 0 Å². The summed E-state index contributed by atoms with van der Waals surface area (Å²) in [6, 6.07) is 2.77. The van der Waals surface area contributed by atoms with Crippen molar-refractivity contribution in [2.75, 3.05) is 6.61 Å². The van der Waals surface area contributed by atoms with E-state index in [0.717, 1.165) is 11.0 Å². The molecule has 1 heterocycles. The maximum atomic E-state index is 13.2. The highest BCUT2D eigenvalue weighted by atomic mass is 35.5. The van der Waals surface area contributed by atoms with Crippen molar-refractivity contribution in [3.8, 4) is 5.69 Å². The molecule has 0 saturated heterocycles. The van der Waals surface area contributed by atoms with E-state index in [-0.39, 0.29) is 35.5 Å². The first-order chi connectivity index (χ1) is 15.6. The van der Waals surface area contributed by atoms with E-state index in [1.807, 2.05) is 0 Å². The van der Waals surface area contributed by atoms with E-state index < -0.39 is 48.9 Å². The van der Waals surface area contributed by atoms with Crippen LogP contribution in [-0.2, 0) is 9.53 Å². The highest BCUT2D eigenvalue weighted by molar-refractivity contribution is 6.32. The molecular weight excluding hydrogens is 474 g/mol. The van der Waals surface area contributed by atoms with E-state index in [1.54, 1.807) is 0 Å². The summed E-state index contributed by atoms with van der Waals surface area (Å²) < 4.78 is 58.4. The van der Waals surface area contributed by atoms with Crippen molar-refractivity contribution in [2.24, 2.45) is 5.73 Å². The standard InChI is InChI=1S/C18H18ClF4N7O3/c19-10-2-1-9(5-11(10)30-14(13(20)21)26-7-27-30)12(29(8-31)16(24)25)6-33-17(32)28-18(3-4-18)15(22)23/h1-2,5,7-8,12-13,15H,3-4,6H2,(H3,24,25)(H,28,32)/t12-/m1/s1. The number of alkyl halides is 4. The third-order valence-corrected chi connectivity index (χ3v) is 5.33. The number of aromatic nitrogens is 3. The summed E-state index contributed by atoms with van der Waals surface area (Å²) in [5, 5.41) is 13.5. The van der Waals surface area contributed by atoms with E-state index >= 15 is 0 Å². The van der Waals surface area contributed by atoms with Crippen LogP contribution in [0.3, 0.4) is 0 Å². The molecule has 178 valence electrons. The predicted octanol–water partition coefficient (Wildman–Crippen LogP) is 2.78. The second-order valence-electron chi connectivity index (χ2n) is 7.14. The van der Waals surface area contributed by atoms with E-state index in [4.69, 9.17) is 27.5 Å². The molecule has 2 amide bonds. The van der Waals surface area contributed by atoms with Crippen molar-refractivity contribution >= 4 is 30.1 Å². The summed E-state index contributed by atoms with van der Waals surface area (Å²) in [5.41, 5.74) is 3.94. The van der Waals surface area contributed by atoms with Crippen molar-refractivity contribution in [3.05, 3.63) is 40.9 Å². The summed E-state index contributed by atoms with van der Waals surface area (Å²) in [6.07, 6.45) is -5.63. The lowest BCUT2D eigenvalue weighted by Gasteiger charge is -2.27. The summed E-state index contributed by atoms with van der Waals surface area (Å²) >= 11 is 6.13. The predicted molar refractivity (Wildman–Crippen MR) is 106 cm³/mol. The molecule has 0 spiro atoms. The number of carbonyl (C=O) groups excluding carboxylic acids is 2. The van der Waals surface area contributed by atoms with Gasteiger partial charge in [-0.05, 0) is 30.5 Å². The first-order valence-electron chi connectivity index (χ1n) is 9.38. The lowest BCUT2D eigenvalue weighted by atomic mass is 10.1. The van der Waals surface area contributed by atoms with Gasteiger partial charge in [0.2, 0.25) is 6.41 Å². The minimum Gasteiger partial charge on any atom is -0.447 e. The smallest absolute Gasteiger partial charge is 0.407 e. The molecule has 1 aromatic heterocycles. The van der Waals surface area contributed by atoms with Crippen LogP contribution in [0.2, 0.25) is 5.02 Å². The topological polar surface area (TPSA) is 139 Å². The normalized spacial score (nSPS) is 15.2. The SMILES string of the molecule is N=C(N)N(C=O)[C@H](COC(=O)NC1(C(F)F)CC1)c1ccc(Cl)c(-n2ncnc2C(F)F)c1. The average Bonchev–Trinajstić information content (AvgIpc) is 3.36. The van der Waals surface area contributed by atoms with Gasteiger partial charge in [0, 0.05) is 0 Å². The molecular formula is C18H18ClF4N7O3. The fourth-order valence-corrected chi connectivity index (χ4v) is 3.24. The van der Waals surface area contributed by atoms with Crippen LogP contribution < -0.4 is 11.1 Å². The van der Waals surface area contributed by atoms with E-state index in [0.29, 0.717) is 4.90 Å². The fourth-order valence-electron chi connectivity index (χ4n) is 3.05. The average molecular weight is 492 g/mol. The van der Waals surface area contributed by atoms with Crippen LogP contribution in [-0.4, -0.2) is 56.7 Å². The van der Waals surface area contributed by atoms with Crippen LogP contribution in [0.15, 0.2) is 24.5 Å².